The first-order chi connectivity index (χ1) is 11.1. The van der Waals surface area contributed by atoms with Crippen LogP contribution in [0.5, 0.6) is 0 Å². The number of hydrogen-bond donors (Lipinski definition) is 1. The van der Waals surface area contributed by atoms with Crippen LogP contribution in [-0.2, 0) is 16.9 Å². The molecule has 0 aromatic heterocycles. The molecule has 0 aliphatic carbocycles. The zero-order valence-electron chi connectivity index (χ0n) is 12.8. The Hall–Kier alpha value is -2.33. The van der Waals surface area contributed by atoms with Crippen molar-refractivity contribution in [1.29, 1.82) is 0 Å². The zero-order valence-corrected chi connectivity index (χ0v) is 13.5. The number of amides is 3. The van der Waals surface area contributed by atoms with Gasteiger partial charge in [-0.3, -0.25) is 9.69 Å². The molecule has 1 aliphatic rings. The van der Waals surface area contributed by atoms with Crippen molar-refractivity contribution in [2.75, 3.05) is 0 Å². The lowest BCUT2D eigenvalue weighted by Gasteiger charge is -2.25. The Morgan fingerprint density at radius 3 is 2.48 bits per heavy atom. The summed E-state index contributed by atoms with van der Waals surface area (Å²) in [5.74, 6) is -0.226. The van der Waals surface area contributed by atoms with E-state index in [1.54, 1.807) is 18.2 Å². The lowest BCUT2D eigenvalue weighted by atomic mass is 9.87. The molecule has 1 aliphatic heterocycles. The van der Waals surface area contributed by atoms with Gasteiger partial charge in [-0.2, -0.15) is 0 Å². The Balaban J connectivity index is 1.93. The van der Waals surface area contributed by atoms with Gasteiger partial charge in [0.2, 0.25) is 0 Å². The molecule has 4 nitrogen and oxygen atoms in total. The van der Waals surface area contributed by atoms with Crippen molar-refractivity contribution < 1.29 is 9.59 Å². The number of benzene rings is 2. The molecule has 0 bridgehead atoms. The fraction of sp³-hybridized carbons (Fsp3) is 0.222. The monoisotopic (exact) mass is 328 g/mol. The van der Waals surface area contributed by atoms with Crippen molar-refractivity contribution in [3.8, 4) is 0 Å². The van der Waals surface area contributed by atoms with Crippen LogP contribution >= 0.6 is 11.6 Å². The third kappa shape index (κ3) is 2.70. The van der Waals surface area contributed by atoms with Crippen molar-refractivity contribution in [2.24, 2.45) is 0 Å². The highest BCUT2D eigenvalue weighted by atomic mass is 35.5. The van der Waals surface area contributed by atoms with Gasteiger partial charge in [-0.25, -0.2) is 4.79 Å². The second-order valence-corrected chi connectivity index (χ2v) is 6.01. The number of imide groups is 1. The van der Waals surface area contributed by atoms with Gasteiger partial charge in [0.15, 0.2) is 0 Å². The minimum atomic E-state index is -0.989. The first-order valence-corrected chi connectivity index (χ1v) is 7.88. The van der Waals surface area contributed by atoms with Gasteiger partial charge in [0.25, 0.3) is 5.91 Å². The molecule has 0 radical (unpaired) electrons. The lowest BCUT2D eigenvalue weighted by Crippen LogP contribution is -2.43. The van der Waals surface area contributed by atoms with Gasteiger partial charge in [0, 0.05) is 5.02 Å². The van der Waals surface area contributed by atoms with Crippen LogP contribution in [0, 0.1) is 0 Å². The number of nitrogens with one attached hydrogen (secondary N) is 1. The topological polar surface area (TPSA) is 49.4 Å². The van der Waals surface area contributed by atoms with E-state index in [2.05, 4.69) is 5.32 Å². The van der Waals surface area contributed by atoms with Crippen LogP contribution in [0.15, 0.2) is 54.6 Å². The van der Waals surface area contributed by atoms with E-state index < -0.39 is 5.54 Å². The number of hydrogen-bond acceptors (Lipinski definition) is 2. The minimum absolute atomic E-state index is 0.208. The van der Waals surface area contributed by atoms with Crippen LogP contribution in [0.4, 0.5) is 4.79 Å². The van der Waals surface area contributed by atoms with Gasteiger partial charge in [0.05, 0.1) is 6.54 Å². The molecule has 1 N–H and O–H groups in total. The van der Waals surface area contributed by atoms with Crippen LogP contribution in [0.25, 0.3) is 0 Å². The average molecular weight is 329 g/mol. The number of carbonyl (C=O) groups is 2. The molecule has 3 amide bonds. The van der Waals surface area contributed by atoms with E-state index >= 15 is 0 Å². The summed E-state index contributed by atoms with van der Waals surface area (Å²) in [6.45, 7) is 2.11. The van der Waals surface area contributed by atoms with Gasteiger partial charge in [-0.15, -0.1) is 0 Å². The Bertz CT molecular complexity index is 748. The molecular weight excluding hydrogens is 312 g/mol. The van der Waals surface area contributed by atoms with Crippen molar-refractivity contribution >= 4 is 23.5 Å². The molecule has 2 aromatic carbocycles. The Labute approximate surface area is 140 Å². The molecule has 1 saturated heterocycles. The second kappa shape index (κ2) is 6.05. The summed E-state index contributed by atoms with van der Waals surface area (Å²) >= 11 is 5.98. The summed E-state index contributed by atoms with van der Waals surface area (Å²) in [5, 5.41) is 3.46. The van der Waals surface area contributed by atoms with Crippen molar-refractivity contribution in [3.05, 3.63) is 70.7 Å². The first-order valence-electron chi connectivity index (χ1n) is 7.51. The molecule has 5 heteroatoms. The number of rotatable bonds is 4. The smallest absolute Gasteiger partial charge is 0.319 e. The molecule has 0 saturated carbocycles. The van der Waals surface area contributed by atoms with Crippen LogP contribution in [-0.4, -0.2) is 16.8 Å². The maximum atomic E-state index is 13.0. The molecule has 2 aromatic rings. The maximum absolute atomic E-state index is 13.0. The summed E-state index contributed by atoms with van der Waals surface area (Å²) in [4.78, 5) is 26.6. The van der Waals surface area contributed by atoms with E-state index in [-0.39, 0.29) is 18.5 Å². The number of nitrogens with zero attached hydrogens (tertiary/aromatic N) is 1. The summed E-state index contributed by atoms with van der Waals surface area (Å²) in [6.07, 6.45) is 0.494. The van der Waals surface area contributed by atoms with Gasteiger partial charge in [0.1, 0.15) is 5.54 Å². The van der Waals surface area contributed by atoms with Crippen molar-refractivity contribution in [3.63, 3.8) is 0 Å². The highest BCUT2D eigenvalue weighted by Crippen LogP contribution is 2.33. The summed E-state index contributed by atoms with van der Waals surface area (Å²) in [7, 11) is 0. The standard InChI is InChI=1S/C18H17ClN2O2/c1-2-18(14-8-4-3-5-9-14)16(22)21(17(23)20-18)12-13-7-6-10-15(19)11-13/h3-11H,2,12H2,1H3,(H,20,23)/t18-/m0/s1. The third-order valence-corrected chi connectivity index (χ3v) is 4.44. The Morgan fingerprint density at radius 1 is 1.09 bits per heavy atom. The summed E-state index contributed by atoms with van der Waals surface area (Å²) in [6, 6.07) is 16.2. The molecular formula is C18H17ClN2O2. The maximum Gasteiger partial charge on any atom is 0.325 e. The summed E-state index contributed by atoms with van der Waals surface area (Å²) < 4.78 is 0. The van der Waals surface area contributed by atoms with Crippen LogP contribution < -0.4 is 5.32 Å². The van der Waals surface area contributed by atoms with Crippen molar-refractivity contribution in [2.45, 2.75) is 25.4 Å². The number of halogens is 1. The van der Waals surface area contributed by atoms with Gasteiger partial charge < -0.3 is 5.32 Å². The summed E-state index contributed by atoms with van der Waals surface area (Å²) in [5.41, 5.74) is 0.632. The molecule has 118 valence electrons. The average Bonchev–Trinajstić information content (AvgIpc) is 2.81. The van der Waals surface area contributed by atoms with E-state index in [0.717, 1.165) is 11.1 Å². The normalized spacial score (nSPS) is 20.7. The molecule has 1 heterocycles. The highest BCUT2D eigenvalue weighted by Gasteiger charge is 2.50. The second-order valence-electron chi connectivity index (χ2n) is 5.58. The van der Waals surface area contributed by atoms with Gasteiger partial charge >= 0.3 is 6.03 Å². The van der Waals surface area contributed by atoms with E-state index in [0.29, 0.717) is 11.4 Å². The largest absolute Gasteiger partial charge is 0.325 e. The van der Waals surface area contributed by atoms with E-state index in [1.165, 1.54) is 4.90 Å². The minimum Gasteiger partial charge on any atom is -0.319 e. The highest BCUT2D eigenvalue weighted by molar-refractivity contribution is 6.30. The van der Waals surface area contributed by atoms with Gasteiger partial charge in [-0.1, -0.05) is 61.0 Å². The molecule has 23 heavy (non-hydrogen) atoms. The SMILES string of the molecule is CC[C@@]1(c2ccccc2)NC(=O)N(Cc2cccc(Cl)c2)C1=O. The quantitative estimate of drug-likeness (QED) is 0.870. The van der Waals surface area contributed by atoms with E-state index in [1.807, 2.05) is 43.3 Å². The predicted octanol–water partition coefficient (Wildman–Crippen LogP) is 3.70. The predicted molar refractivity (Wildman–Crippen MR) is 88.9 cm³/mol. The Kier molecular flexibility index (Phi) is 4.09. The fourth-order valence-electron chi connectivity index (χ4n) is 2.95. The van der Waals surface area contributed by atoms with Gasteiger partial charge in [-0.05, 0) is 29.7 Å². The molecule has 3 rings (SSSR count). The molecule has 0 unspecified atom stereocenters. The number of carbonyl (C=O) groups excluding carboxylic acids is 2. The fourth-order valence-corrected chi connectivity index (χ4v) is 3.16. The van der Waals surface area contributed by atoms with E-state index in [4.69, 9.17) is 11.6 Å². The first kappa shape index (κ1) is 15.6. The molecule has 0 spiro atoms. The molecule has 1 atom stereocenters. The number of urea groups is 1. The van der Waals surface area contributed by atoms with Crippen LogP contribution in [0.1, 0.15) is 24.5 Å². The van der Waals surface area contributed by atoms with Crippen LogP contribution in [0.2, 0.25) is 5.02 Å². The molecule has 1 fully saturated rings. The van der Waals surface area contributed by atoms with Crippen molar-refractivity contribution in [1.82, 2.24) is 10.2 Å². The lowest BCUT2D eigenvalue weighted by molar-refractivity contribution is -0.132. The zero-order chi connectivity index (χ0) is 16.4. The Morgan fingerprint density at radius 2 is 1.83 bits per heavy atom. The van der Waals surface area contributed by atoms with Crippen LogP contribution in [0.3, 0.4) is 0 Å². The van der Waals surface area contributed by atoms with E-state index in [9.17, 15) is 9.59 Å². The third-order valence-electron chi connectivity index (χ3n) is 4.20.